The minimum Gasteiger partial charge on any atom is -0.481 e. The van der Waals surface area contributed by atoms with Crippen LogP contribution in [0.5, 0.6) is 0 Å². The van der Waals surface area contributed by atoms with Gasteiger partial charge in [0.1, 0.15) is 0 Å². The largest absolute Gasteiger partial charge is 0.481 e. The Kier molecular flexibility index (Phi) is 5.62. The third kappa shape index (κ3) is 4.95. The molecular formula is C11H16N2O3S. The third-order valence-corrected chi connectivity index (χ3v) is 3.04. The Bertz CT molecular complexity index is 365. The predicted octanol–water partition coefficient (Wildman–Crippen LogP) is 1.40. The Morgan fingerprint density at radius 3 is 2.76 bits per heavy atom. The van der Waals surface area contributed by atoms with Crippen molar-refractivity contribution in [1.82, 2.24) is 9.88 Å². The lowest BCUT2D eigenvalue weighted by Gasteiger charge is -2.19. The van der Waals surface area contributed by atoms with Crippen molar-refractivity contribution in [3.05, 3.63) is 16.6 Å². The van der Waals surface area contributed by atoms with Gasteiger partial charge in [-0.2, -0.15) is 0 Å². The normalized spacial score (nSPS) is 10.2. The fourth-order valence-electron chi connectivity index (χ4n) is 1.44. The van der Waals surface area contributed by atoms with E-state index < -0.39 is 5.97 Å². The minimum absolute atomic E-state index is 0.00369. The highest BCUT2D eigenvalue weighted by Gasteiger charge is 2.13. The Hall–Kier alpha value is -1.43. The van der Waals surface area contributed by atoms with Crippen LogP contribution in [0.1, 0.15) is 25.5 Å². The average Bonchev–Trinajstić information content (AvgIpc) is 2.79. The van der Waals surface area contributed by atoms with Gasteiger partial charge >= 0.3 is 5.97 Å². The number of carbonyl (C=O) groups excluding carboxylic acids is 1. The molecule has 1 rings (SSSR count). The van der Waals surface area contributed by atoms with Gasteiger partial charge in [0.15, 0.2) is 0 Å². The number of aromatic nitrogens is 1. The van der Waals surface area contributed by atoms with Gasteiger partial charge in [-0.25, -0.2) is 4.98 Å². The molecule has 1 amide bonds. The number of thiazole rings is 1. The molecule has 1 aromatic rings. The fourth-order valence-corrected chi connectivity index (χ4v) is 2.04. The third-order valence-electron chi connectivity index (χ3n) is 2.41. The van der Waals surface area contributed by atoms with Crippen LogP contribution in [0.2, 0.25) is 0 Å². The number of carbonyl (C=O) groups is 2. The van der Waals surface area contributed by atoms with Gasteiger partial charge in [-0.15, -0.1) is 11.3 Å². The van der Waals surface area contributed by atoms with Crippen molar-refractivity contribution < 1.29 is 14.7 Å². The molecule has 1 aromatic heterocycles. The summed E-state index contributed by atoms with van der Waals surface area (Å²) in [7, 11) is 0. The van der Waals surface area contributed by atoms with Crippen molar-refractivity contribution in [1.29, 1.82) is 0 Å². The number of aliphatic carboxylic acids is 1. The molecule has 1 N–H and O–H groups in total. The topological polar surface area (TPSA) is 70.5 Å². The van der Waals surface area contributed by atoms with Crippen LogP contribution in [0.15, 0.2) is 10.9 Å². The molecule has 17 heavy (non-hydrogen) atoms. The van der Waals surface area contributed by atoms with Crippen LogP contribution in [0, 0.1) is 0 Å². The molecule has 5 nitrogen and oxygen atoms in total. The molecule has 0 aliphatic heterocycles. The fraction of sp³-hybridized carbons (Fsp3) is 0.545. The first-order valence-electron chi connectivity index (χ1n) is 5.50. The molecule has 0 saturated carbocycles. The quantitative estimate of drug-likeness (QED) is 0.800. The molecule has 0 fully saturated rings. The zero-order valence-electron chi connectivity index (χ0n) is 9.76. The lowest BCUT2D eigenvalue weighted by Crippen LogP contribution is -2.33. The van der Waals surface area contributed by atoms with E-state index in [1.165, 1.54) is 11.3 Å². The smallest absolute Gasteiger partial charge is 0.305 e. The van der Waals surface area contributed by atoms with E-state index in [2.05, 4.69) is 4.98 Å². The highest BCUT2D eigenvalue weighted by atomic mass is 32.1. The second kappa shape index (κ2) is 7.01. The number of nitrogens with zero attached hydrogens (tertiary/aromatic N) is 2. The van der Waals surface area contributed by atoms with E-state index in [4.69, 9.17) is 5.11 Å². The van der Waals surface area contributed by atoms with E-state index >= 15 is 0 Å². The van der Waals surface area contributed by atoms with Crippen LogP contribution >= 0.6 is 11.3 Å². The van der Waals surface area contributed by atoms with Gasteiger partial charge in [0.05, 0.1) is 17.6 Å². The number of hydrogen-bond acceptors (Lipinski definition) is 4. The molecule has 6 heteroatoms. The van der Waals surface area contributed by atoms with Gasteiger partial charge in [0.2, 0.25) is 5.91 Å². The number of hydrogen-bond donors (Lipinski definition) is 1. The first kappa shape index (κ1) is 13.6. The summed E-state index contributed by atoms with van der Waals surface area (Å²) >= 11 is 1.51. The van der Waals surface area contributed by atoms with Crippen LogP contribution in [0.25, 0.3) is 0 Å². The molecule has 0 aromatic carbocycles. The Morgan fingerprint density at radius 1 is 1.47 bits per heavy atom. The van der Waals surface area contributed by atoms with Gasteiger partial charge in [-0.3, -0.25) is 9.59 Å². The van der Waals surface area contributed by atoms with Gasteiger partial charge in [-0.1, -0.05) is 0 Å². The number of carboxylic acid groups (broad SMARTS) is 1. The summed E-state index contributed by atoms with van der Waals surface area (Å²) in [6.07, 6.45) is 0.999. The number of carboxylic acids is 1. The highest BCUT2D eigenvalue weighted by molar-refractivity contribution is 7.07. The van der Waals surface area contributed by atoms with Crippen molar-refractivity contribution in [2.45, 2.75) is 26.2 Å². The van der Waals surface area contributed by atoms with Crippen molar-refractivity contribution in [3.8, 4) is 0 Å². The lowest BCUT2D eigenvalue weighted by molar-refractivity contribution is -0.138. The molecular weight excluding hydrogens is 240 g/mol. The van der Waals surface area contributed by atoms with Crippen molar-refractivity contribution in [3.63, 3.8) is 0 Å². The van der Waals surface area contributed by atoms with Crippen molar-refractivity contribution >= 4 is 23.2 Å². The summed E-state index contributed by atoms with van der Waals surface area (Å²) in [4.78, 5) is 27.9. The van der Waals surface area contributed by atoms with Gasteiger partial charge in [0, 0.05) is 24.9 Å². The molecule has 0 saturated heterocycles. The summed E-state index contributed by atoms with van der Waals surface area (Å²) in [5.74, 6) is -0.891. The zero-order chi connectivity index (χ0) is 12.7. The Morgan fingerprint density at radius 2 is 2.24 bits per heavy atom. The van der Waals surface area contributed by atoms with Crippen LogP contribution < -0.4 is 0 Å². The summed E-state index contributed by atoms with van der Waals surface area (Å²) < 4.78 is 0. The lowest BCUT2D eigenvalue weighted by atomic mass is 10.2. The molecule has 0 spiro atoms. The monoisotopic (exact) mass is 256 g/mol. The van der Waals surface area contributed by atoms with Crippen molar-refractivity contribution in [2.75, 3.05) is 13.1 Å². The number of rotatable bonds is 7. The van der Waals surface area contributed by atoms with Gasteiger partial charge in [0.25, 0.3) is 0 Å². The molecule has 1 heterocycles. The maximum Gasteiger partial charge on any atom is 0.305 e. The maximum atomic E-state index is 11.8. The van der Waals surface area contributed by atoms with Crippen molar-refractivity contribution in [2.24, 2.45) is 0 Å². The van der Waals surface area contributed by atoms with E-state index in [9.17, 15) is 9.59 Å². The van der Waals surface area contributed by atoms with E-state index in [0.29, 0.717) is 19.4 Å². The molecule has 0 radical (unpaired) electrons. The second-order valence-corrected chi connectivity index (χ2v) is 4.32. The van der Waals surface area contributed by atoms with E-state index in [0.717, 1.165) is 5.69 Å². The van der Waals surface area contributed by atoms with Crippen LogP contribution in [-0.4, -0.2) is 40.0 Å². The highest BCUT2D eigenvalue weighted by Crippen LogP contribution is 2.06. The standard InChI is InChI=1S/C11H16N2O3S/c1-2-13(6-5-11(15)16)10(14)4-3-9-7-17-8-12-9/h7-8H,2-6H2,1H3,(H,15,16). The van der Waals surface area contributed by atoms with Crippen LogP contribution in [0.4, 0.5) is 0 Å². The predicted molar refractivity (Wildman–Crippen MR) is 64.9 cm³/mol. The molecule has 0 aliphatic carbocycles. The number of aryl methyl sites for hydroxylation is 1. The zero-order valence-corrected chi connectivity index (χ0v) is 10.6. The average molecular weight is 256 g/mol. The SMILES string of the molecule is CCN(CCC(=O)O)C(=O)CCc1cscn1. The summed E-state index contributed by atoms with van der Waals surface area (Å²) in [5, 5.41) is 10.5. The number of amides is 1. The molecule has 94 valence electrons. The Labute approximate surface area is 104 Å². The van der Waals surface area contributed by atoms with Crippen LogP contribution in [-0.2, 0) is 16.0 Å². The van der Waals surface area contributed by atoms with E-state index in [1.807, 2.05) is 12.3 Å². The Balaban J connectivity index is 2.35. The van der Waals surface area contributed by atoms with Gasteiger partial charge in [-0.05, 0) is 13.3 Å². The van der Waals surface area contributed by atoms with Gasteiger partial charge < -0.3 is 10.0 Å². The van der Waals surface area contributed by atoms with E-state index in [-0.39, 0.29) is 18.9 Å². The molecule has 0 atom stereocenters. The summed E-state index contributed by atoms with van der Waals surface area (Å²) in [5.41, 5.74) is 2.65. The first-order chi connectivity index (χ1) is 8.13. The molecule has 0 unspecified atom stereocenters. The first-order valence-corrected chi connectivity index (χ1v) is 6.44. The van der Waals surface area contributed by atoms with E-state index in [1.54, 1.807) is 10.4 Å². The van der Waals surface area contributed by atoms with Crippen LogP contribution in [0.3, 0.4) is 0 Å². The summed E-state index contributed by atoms with van der Waals surface area (Å²) in [6, 6.07) is 0. The molecule has 0 bridgehead atoms. The maximum absolute atomic E-state index is 11.8. The second-order valence-electron chi connectivity index (χ2n) is 3.60. The minimum atomic E-state index is -0.879. The summed E-state index contributed by atoms with van der Waals surface area (Å²) in [6.45, 7) is 2.67. The molecule has 0 aliphatic rings.